The fourth-order valence-electron chi connectivity index (χ4n) is 0.802. The van der Waals surface area contributed by atoms with Gasteiger partial charge in [0.05, 0.1) is 0 Å². The Morgan fingerprint density at radius 2 is 2.20 bits per heavy atom. The number of alkyl halides is 1. The van der Waals surface area contributed by atoms with Crippen molar-refractivity contribution in [1.29, 1.82) is 0 Å². The fourth-order valence-corrected chi connectivity index (χ4v) is 1.42. The number of hydrogen-bond acceptors (Lipinski definition) is 0. The first kappa shape index (κ1) is 7.98. The highest BCUT2D eigenvalue weighted by Crippen LogP contribution is 2.04. The third-order valence-electron chi connectivity index (χ3n) is 1.27. The Hall–Kier alpha value is -0.120. The lowest BCUT2D eigenvalue weighted by atomic mass is 10.2. The van der Waals surface area contributed by atoms with Gasteiger partial charge in [0.25, 0.3) is 0 Å². The minimum atomic E-state index is -0.137. The van der Waals surface area contributed by atoms with Crippen molar-refractivity contribution in [3.05, 3.63) is 35.6 Å². The summed E-state index contributed by atoms with van der Waals surface area (Å²) >= 11 is 2.28. The Bertz CT molecular complexity index is 210. The molecule has 10 heavy (non-hydrogen) atoms. The molecule has 1 aromatic rings. The molecule has 54 valence electrons. The molecule has 0 heterocycles. The van der Waals surface area contributed by atoms with E-state index in [2.05, 4.69) is 22.6 Å². The molecule has 0 nitrogen and oxygen atoms in total. The Morgan fingerprint density at radius 3 is 2.80 bits per heavy atom. The van der Waals surface area contributed by atoms with E-state index >= 15 is 0 Å². The van der Waals surface area contributed by atoms with Gasteiger partial charge in [0.15, 0.2) is 0 Å². The molecule has 0 radical (unpaired) electrons. The Morgan fingerprint density at radius 1 is 1.40 bits per heavy atom. The molecule has 0 amide bonds. The van der Waals surface area contributed by atoms with E-state index in [0.717, 1.165) is 16.4 Å². The summed E-state index contributed by atoms with van der Waals surface area (Å²) in [4.78, 5) is 0. The monoisotopic (exact) mass is 250 g/mol. The van der Waals surface area contributed by atoms with E-state index in [1.165, 1.54) is 6.07 Å². The third-order valence-corrected chi connectivity index (χ3v) is 1.81. The predicted molar refractivity (Wildman–Crippen MR) is 49.0 cm³/mol. The summed E-state index contributed by atoms with van der Waals surface area (Å²) in [6.07, 6.45) is 0.957. The van der Waals surface area contributed by atoms with Gasteiger partial charge in [0.2, 0.25) is 0 Å². The number of benzene rings is 1. The molecular formula is C8H8FI. The van der Waals surface area contributed by atoms with Crippen LogP contribution < -0.4 is 0 Å². The standard InChI is InChI=1S/C8H8FI/c9-8-3-1-2-7(6-8)4-5-10/h1-3,6H,4-5H2. The van der Waals surface area contributed by atoms with Crippen LogP contribution in [0.15, 0.2) is 24.3 Å². The minimum absolute atomic E-state index is 0.137. The maximum absolute atomic E-state index is 12.5. The van der Waals surface area contributed by atoms with Crippen LogP contribution in [0.4, 0.5) is 4.39 Å². The van der Waals surface area contributed by atoms with Gasteiger partial charge in [-0.1, -0.05) is 34.7 Å². The summed E-state index contributed by atoms with van der Waals surface area (Å²) in [5.41, 5.74) is 1.08. The fraction of sp³-hybridized carbons (Fsp3) is 0.250. The van der Waals surface area contributed by atoms with Crippen molar-refractivity contribution in [2.45, 2.75) is 6.42 Å². The summed E-state index contributed by atoms with van der Waals surface area (Å²) in [5.74, 6) is -0.137. The topological polar surface area (TPSA) is 0 Å². The summed E-state index contributed by atoms with van der Waals surface area (Å²) in [5, 5.41) is 0. The molecule has 0 saturated carbocycles. The number of hydrogen-bond donors (Lipinski definition) is 0. The summed E-state index contributed by atoms with van der Waals surface area (Å²) < 4.78 is 13.5. The van der Waals surface area contributed by atoms with Gasteiger partial charge in [-0.05, 0) is 24.1 Å². The van der Waals surface area contributed by atoms with Crippen molar-refractivity contribution in [1.82, 2.24) is 0 Å². The first-order valence-electron chi connectivity index (χ1n) is 3.13. The number of rotatable bonds is 2. The molecule has 0 aliphatic rings. The van der Waals surface area contributed by atoms with E-state index in [1.807, 2.05) is 6.07 Å². The van der Waals surface area contributed by atoms with Crippen LogP contribution in [-0.4, -0.2) is 4.43 Å². The summed E-state index contributed by atoms with van der Waals surface area (Å²) in [6.45, 7) is 0. The molecule has 0 aliphatic carbocycles. The smallest absolute Gasteiger partial charge is 0.123 e. The second-order valence-electron chi connectivity index (χ2n) is 2.07. The molecule has 1 rings (SSSR count). The van der Waals surface area contributed by atoms with E-state index in [9.17, 15) is 4.39 Å². The van der Waals surface area contributed by atoms with Gasteiger partial charge in [-0.3, -0.25) is 0 Å². The summed E-state index contributed by atoms with van der Waals surface area (Å²) in [6, 6.07) is 6.74. The van der Waals surface area contributed by atoms with Gasteiger partial charge in [-0.15, -0.1) is 0 Å². The quantitative estimate of drug-likeness (QED) is 0.559. The lowest BCUT2D eigenvalue weighted by molar-refractivity contribution is 0.626. The van der Waals surface area contributed by atoms with Crippen LogP contribution in [0.3, 0.4) is 0 Å². The first-order valence-corrected chi connectivity index (χ1v) is 4.66. The van der Waals surface area contributed by atoms with E-state index < -0.39 is 0 Å². The van der Waals surface area contributed by atoms with Crippen LogP contribution in [-0.2, 0) is 6.42 Å². The normalized spacial score (nSPS) is 9.80. The van der Waals surface area contributed by atoms with Gasteiger partial charge < -0.3 is 0 Å². The van der Waals surface area contributed by atoms with Crippen LogP contribution >= 0.6 is 22.6 Å². The third kappa shape index (κ3) is 2.25. The predicted octanol–water partition coefficient (Wildman–Crippen LogP) is 2.80. The van der Waals surface area contributed by atoms with Crippen LogP contribution in [0.1, 0.15) is 5.56 Å². The van der Waals surface area contributed by atoms with Crippen molar-refractivity contribution in [3.63, 3.8) is 0 Å². The molecular weight excluding hydrogens is 242 g/mol. The molecule has 0 bridgehead atoms. The van der Waals surface area contributed by atoms with Crippen molar-refractivity contribution in [2.75, 3.05) is 4.43 Å². The highest BCUT2D eigenvalue weighted by Gasteiger charge is 1.91. The molecule has 0 aliphatic heterocycles. The Balaban J connectivity index is 2.75. The highest BCUT2D eigenvalue weighted by atomic mass is 127. The molecule has 0 atom stereocenters. The number of halogens is 2. The summed E-state index contributed by atoms with van der Waals surface area (Å²) in [7, 11) is 0. The molecule has 0 unspecified atom stereocenters. The SMILES string of the molecule is Fc1cccc(CCI)c1. The molecule has 1 aromatic carbocycles. The molecule has 2 heteroatoms. The van der Waals surface area contributed by atoms with E-state index in [1.54, 1.807) is 12.1 Å². The average molecular weight is 250 g/mol. The van der Waals surface area contributed by atoms with Crippen LogP contribution in [0.5, 0.6) is 0 Å². The van der Waals surface area contributed by atoms with Gasteiger partial charge in [0.1, 0.15) is 5.82 Å². The Labute approximate surface area is 73.6 Å². The van der Waals surface area contributed by atoms with E-state index in [4.69, 9.17) is 0 Å². The van der Waals surface area contributed by atoms with Crippen molar-refractivity contribution in [3.8, 4) is 0 Å². The van der Waals surface area contributed by atoms with Crippen molar-refractivity contribution < 1.29 is 4.39 Å². The van der Waals surface area contributed by atoms with Crippen molar-refractivity contribution in [2.24, 2.45) is 0 Å². The molecule has 0 aromatic heterocycles. The lowest BCUT2D eigenvalue weighted by Gasteiger charge is -1.95. The van der Waals surface area contributed by atoms with Crippen LogP contribution in [0, 0.1) is 5.82 Å². The maximum atomic E-state index is 12.5. The van der Waals surface area contributed by atoms with Crippen LogP contribution in [0.25, 0.3) is 0 Å². The molecule has 0 saturated heterocycles. The maximum Gasteiger partial charge on any atom is 0.123 e. The second kappa shape index (κ2) is 3.91. The molecule has 0 fully saturated rings. The van der Waals surface area contributed by atoms with E-state index in [0.29, 0.717) is 0 Å². The zero-order valence-corrected chi connectivity index (χ0v) is 7.64. The minimum Gasteiger partial charge on any atom is -0.207 e. The van der Waals surface area contributed by atoms with Gasteiger partial charge in [-0.25, -0.2) is 4.39 Å². The lowest BCUT2D eigenvalue weighted by Crippen LogP contribution is -1.85. The zero-order chi connectivity index (χ0) is 7.40. The van der Waals surface area contributed by atoms with Gasteiger partial charge in [-0.2, -0.15) is 0 Å². The zero-order valence-electron chi connectivity index (χ0n) is 5.48. The molecule has 0 spiro atoms. The highest BCUT2D eigenvalue weighted by molar-refractivity contribution is 14.1. The second-order valence-corrected chi connectivity index (χ2v) is 3.15. The van der Waals surface area contributed by atoms with Crippen molar-refractivity contribution >= 4 is 22.6 Å². The average Bonchev–Trinajstić information content (AvgIpc) is 1.88. The molecule has 0 N–H and O–H groups in total. The largest absolute Gasteiger partial charge is 0.207 e. The number of aryl methyl sites for hydroxylation is 1. The van der Waals surface area contributed by atoms with Gasteiger partial charge >= 0.3 is 0 Å². The first-order chi connectivity index (χ1) is 4.83. The van der Waals surface area contributed by atoms with E-state index in [-0.39, 0.29) is 5.82 Å². The van der Waals surface area contributed by atoms with Crippen LogP contribution in [0.2, 0.25) is 0 Å². The Kier molecular flexibility index (Phi) is 3.12. The van der Waals surface area contributed by atoms with Gasteiger partial charge in [0, 0.05) is 4.43 Å².